The van der Waals surface area contributed by atoms with Gasteiger partial charge in [0.1, 0.15) is 5.82 Å². The molecule has 30 heavy (non-hydrogen) atoms. The van der Waals surface area contributed by atoms with Gasteiger partial charge in [-0.15, -0.1) is 0 Å². The number of aliphatic imine (C=N–C) groups is 1. The number of aromatic nitrogens is 2. The van der Waals surface area contributed by atoms with Gasteiger partial charge in [-0.1, -0.05) is 81.7 Å². The smallest absolute Gasteiger partial charge is 0.217 e. The summed E-state index contributed by atoms with van der Waals surface area (Å²) in [5, 5.41) is 0. The van der Waals surface area contributed by atoms with Crippen molar-refractivity contribution in [1.29, 1.82) is 0 Å². The molecule has 0 spiro atoms. The summed E-state index contributed by atoms with van der Waals surface area (Å²) in [6.45, 7) is 17.8. The molecule has 1 unspecified atom stereocenters. The van der Waals surface area contributed by atoms with Crippen LogP contribution in [-0.2, 0) is 6.42 Å². The lowest BCUT2D eigenvalue weighted by atomic mass is 10.1. The molecule has 4 heteroatoms. The molecule has 156 valence electrons. The average molecular weight is 401 g/mol. The summed E-state index contributed by atoms with van der Waals surface area (Å²) in [6.07, 6.45) is 24.9. The summed E-state index contributed by atoms with van der Waals surface area (Å²) >= 11 is 0. The Balaban J connectivity index is 2.74. The highest BCUT2D eigenvalue weighted by atomic mass is 15.4. The number of hydrogen-bond donors (Lipinski definition) is 0. The van der Waals surface area contributed by atoms with Crippen LogP contribution in [-0.4, -0.2) is 15.8 Å². The molecule has 0 amide bonds. The summed E-state index contributed by atoms with van der Waals surface area (Å²) in [4.78, 5) is 11.7. The quantitative estimate of drug-likeness (QED) is 0.323. The van der Waals surface area contributed by atoms with Gasteiger partial charge in [0.05, 0.1) is 17.4 Å². The minimum absolute atomic E-state index is 0.111. The molecule has 2 heterocycles. The maximum Gasteiger partial charge on any atom is 0.217 e. The second kappa shape index (κ2) is 11.6. The van der Waals surface area contributed by atoms with Crippen LogP contribution < -0.4 is 4.90 Å². The van der Waals surface area contributed by atoms with Crippen molar-refractivity contribution in [3.8, 4) is 0 Å². The number of hydrogen-bond acceptors (Lipinski definition) is 3. The summed E-state index contributed by atoms with van der Waals surface area (Å²) in [5.41, 5.74) is 3.31. The lowest BCUT2D eigenvalue weighted by Gasteiger charge is -2.20. The van der Waals surface area contributed by atoms with Gasteiger partial charge in [-0.25, -0.2) is 9.98 Å². The predicted molar refractivity (Wildman–Crippen MR) is 132 cm³/mol. The number of nitrogens with zero attached hydrogens (tertiary/aromatic N) is 4. The zero-order valence-electron chi connectivity index (χ0n) is 18.3. The summed E-state index contributed by atoms with van der Waals surface area (Å²) in [7, 11) is 0. The first kappa shape index (κ1) is 22.9. The zero-order chi connectivity index (χ0) is 21.9. The van der Waals surface area contributed by atoms with Gasteiger partial charge in [0.15, 0.2) is 0 Å². The average Bonchev–Trinajstić information content (AvgIpc) is 3.21. The van der Waals surface area contributed by atoms with Crippen LogP contribution in [0.2, 0.25) is 0 Å². The first-order chi connectivity index (χ1) is 14.6. The number of anilines is 1. The van der Waals surface area contributed by atoms with Crippen molar-refractivity contribution in [2.45, 2.75) is 39.7 Å². The van der Waals surface area contributed by atoms with E-state index in [1.807, 2.05) is 43.4 Å². The third kappa shape index (κ3) is 4.95. The van der Waals surface area contributed by atoms with Gasteiger partial charge in [0, 0.05) is 11.9 Å². The Morgan fingerprint density at radius 2 is 1.90 bits per heavy atom. The van der Waals surface area contributed by atoms with Gasteiger partial charge < -0.3 is 4.57 Å². The van der Waals surface area contributed by atoms with Gasteiger partial charge in [0.2, 0.25) is 5.95 Å². The number of imidazole rings is 1. The van der Waals surface area contributed by atoms with E-state index in [0.29, 0.717) is 0 Å². The molecule has 1 aromatic heterocycles. The Bertz CT molecular complexity index is 948. The normalized spacial score (nSPS) is 18.5. The van der Waals surface area contributed by atoms with Crippen molar-refractivity contribution in [3.05, 3.63) is 103 Å². The van der Waals surface area contributed by atoms with Crippen molar-refractivity contribution < 1.29 is 0 Å². The van der Waals surface area contributed by atoms with Crippen LogP contribution in [0.15, 0.2) is 97.0 Å². The molecule has 1 aromatic rings. The lowest BCUT2D eigenvalue weighted by Crippen LogP contribution is -2.19. The number of fused-ring (bicyclic) bond motifs is 1. The molecular weight excluding hydrogens is 368 g/mol. The van der Waals surface area contributed by atoms with Crippen LogP contribution in [0, 0.1) is 0 Å². The molecule has 1 atom stereocenters. The molecule has 0 saturated carbocycles. The van der Waals surface area contributed by atoms with E-state index < -0.39 is 0 Å². The van der Waals surface area contributed by atoms with Crippen molar-refractivity contribution in [2.24, 2.45) is 4.99 Å². The molecule has 0 fully saturated rings. The van der Waals surface area contributed by atoms with Crippen LogP contribution in [0.4, 0.5) is 5.95 Å². The van der Waals surface area contributed by atoms with Crippen LogP contribution in [0.1, 0.15) is 44.6 Å². The zero-order valence-corrected chi connectivity index (χ0v) is 18.3. The van der Waals surface area contributed by atoms with Gasteiger partial charge in [-0.05, 0) is 38.5 Å². The van der Waals surface area contributed by atoms with E-state index in [4.69, 9.17) is 4.98 Å². The topological polar surface area (TPSA) is 33.4 Å². The minimum Gasteiger partial charge on any atom is -0.305 e. The van der Waals surface area contributed by atoms with E-state index >= 15 is 0 Å². The largest absolute Gasteiger partial charge is 0.305 e. The summed E-state index contributed by atoms with van der Waals surface area (Å²) in [6, 6.07) is 0.111. The van der Waals surface area contributed by atoms with E-state index in [2.05, 4.69) is 60.2 Å². The van der Waals surface area contributed by atoms with E-state index in [9.17, 15) is 0 Å². The SMILES string of the molecule is C=CC=N/C(=C\C=C)N1/C(=C/C=C\C=C)C(C)n2c1nc(/C=C\C=CC)c2CCC. The third-order valence-corrected chi connectivity index (χ3v) is 4.66. The van der Waals surface area contributed by atoms with Gasteiger partial charge in [-0.3, -0.25) is 4.90 Å². The van der Waals surface area contributed by atoms with Crippen LogP contribution >= 0.6 is 0 Å². The minimum atomic E-state index is 0.111. The molecule has 0 aromatic carbocycles. The van der Waals surface area contributed by atoms with Gasteiger partial charge in [-0.2, -0.15) is 0 Å². The highest BCUT2D eigenvalue weighted by molar-refractivity contribution is 5.73. The molecule has 4 nitrogen and oxygen atoms in total. The van der Waals surface area contributed by atoms with Crippen LogP contribution in [0.3, 0.4) is 0 Å². The van der Waals surface area contributed by atoms with Crippen molar-refractivity contribution in [3.63, 3.8) is 0 Å². The number of rotatable bonds is 10. The fraction of sp³-hybridized carbons (Fsp3) is 0.231. The maximum atomic E-state index is 5.01. The Morgan fingerprint density at radius 3 is 2.53 bits per heavy atom. The van der Waals surface area contributed by atoms with E-state index in [0.717, 1.165) is 36.0 Å². The van der Waals surface area contributed by atoms with E-state index in [1.54, 1.807) is 24.4 Å². The Labute approximate surface area is 181 Å². The van der Waals surface area contributed by atoms with Crippen molar-refractivity contribution in [2.75, 3.05) is 4.90 Å². The van der Waals surface area contributed by atoms with Crippen molar-refractivity contribution >= 4 is 18.2 Å². The van der Waals surface area contributed by atoms with E-state index in [-0.39, 0.29) is 6.04 Å². The monoisotopic (exact) mass is 400 g/mol. The fourth-order valence-electron chi connectivity index (χ4n) is 3.44. The molecule has 0 radical (unpaired) electrons. The van der Waals surface area contributed by atoms with Gasteiger partial charge in [0.25, 0.3) is 0 Å². The number of allylic oxidation sites excluding steroid dienone is 11. The van der Waals surface area contributed by atoms with Crippen molar-refractivity contribution in [1.82, 2.24) is 9.55 Å². The Morgan fingerprint density at radius 1 is 1.10 bits per heavy atom. The Kier molecular flexibility index (Phi) is 8.82. The second-order valence-electron chi connectivity index (χ2n) is 6.75. The predicted octanol–water partition coefficient (Wildman–Crippen LogP) is 6.72. The third-order valence-electron chi connectivity index (χ3n) is 4.66. The molecule has 0 N–H and O–H groups in total. The maximum absolute atomic E-state index is 5.01. The molecule has 0 bridgehead atoms. The second-order valence-corrected chi connectivity index (χ2v) is 6.75. The summed E-state index contributed by atoms with van der Waals surface area (Å²) < 4.78 is 2.31. The fourth-order valence-corrected chi connectivity index (χ4v) is 3.44. The highest BCUT2D eigenvalue weighted by Gasteiger charge is 2.36. The molecule has 0 saturated heterocycles. The standard InChI is InChI=1S/C26H32N4/c1-7-12-14-18-22-24(16-9-3)29-21(6)23(19-15-13-8-2)30(26(29)28-22)25(17-10-4)27-20-11-5/h7-8,10-15,17-21H,2,4-5,9,16H2,1,3,6H3/b12-7?,15-13-,18-14-,23-19+,25-17+,27-20?. The highest BCUT2D eigenvalue weighted by Crippen LogP contribution is 2.42. The molecular formula is C26H32N4. The molecule has 1 aliphatic rings. The van der Waals surface area contributed by atoms with Gasteiger partial charge >= 0.3 is 0 Å². The molecule has 2 rings (SSSR count). The van der Waals surface area contributed by atoms with Crippen LogP contribution in [0.25, 0.3) is 6.08 Å². The summed E-state index contributed by atoms with van der Waals surface area (Å²) in [5.74, 6) is 1.60. The van der Waals surface area contributed by atoms with E-state index in [1.165, 1.54) is 5.69 Å². The first-order valence-electron chi connectivity index (χ1n) is 10.3. The molecule has 0 aliphatic carbocycles. The lowest BCUT2D eigenvalue weighted by molar-refractivity contribution is 0.637. The van der Waals surface area contributed by atoms with Crippen LogP contribution in [0.5, 0.6) is 0 Å². The molecule has 1 aliphatic heterocycles. The first-order valence-corrected chi connectivity index (χ1v) is 10.3. The Hall–Kier alpha value is -3.40.